The van der Waals surface area contributed by atoms with Crippen molar-refractivity contribution in [2.24, 2.45) is 23.0 Å². The van der Waals surface area contributed by atoms with E-state index < -0.39 is 11.7 Å². The summed E-state index contributed by atoms with van der Waals surface area (Å²) >= 11 is 1.61. The Bertz CT molecular complexity index is 1080. The van der Waals surface area contributed by atoms with Gasteiger partial charge in [-0.2, -0.15) is 13.2 Å². The number of rotatable bonds is 9. The highest BCUT2D eigenvalue weighted by Crippen LogP contribution is 2.41. The lowest BCUT2D eigenvalue weighted by atomic mass is 10.0. The van der Waals surface area contributed by atoms with Gasteiger partial charge in [-0.1, -0.05) is 23.9 Å². The minimum Gasteiger partial charge on any atom is -0.366 e. The van der Waals surface area contributed by atoms with Crippen LogP contribution in [-0.2, 0) is 13.2 Å². The first kappa shape index (κ1) is 30.1. The number of alkyl halides is 3. The van der Waals surface area contributed by atoms with Gasteiger partial charge in [0.2, 0.25) is 0 Å². The first-order valence-electron chi connectivity index (χ1n) is 11.1. The summed E-state index contributed by atoms with van der Waals surface area (Å²) in [5.41, 5.74) is 0.284. The summed E-state index contributed by atoms with van der Waals surface area (Å²) in [4.78, 5) is 12.0. The summed E-state index contributed by atoms with van der Waals surface area (Å²) in [6, 6.07) is 6.07. The van der Waals surface area contributed by atoms with Gasteiger partial charge in [-0.25, -0.2) is 0 Å². The van der Waals surface area contributed by atoms with Crippen LogP contribution in [-0.4, -0.2) is 71.1 Å². The van der Waals surface area contributed by atoms with E-state index in [4.69, 9.17) is 0 Å². The summed E-state index contributed by atoms with van der Waals surface area (Å²) in [5, 5.41) is 9.17. The molecule has 0 spiro atoms. The van der Waals surface area contributed by atoms with Crippen LogP contribution in [0.15, 0.2) is 45.6 Å². The normalized spacial score (nSPS) is 20.0. The van der Waals surface area contributed by atoms with E-state index in [-0.39, 0.29) is 30.9 Å². The zero-order chi connectivity index (χ0) is 24.3. The van der Waals surface area contributed by atoms with Gasteiger partial charge < -0.3 is 14.4 Å². The number of hydrogen-bond donors (Lipinski definition) is 0. The first-order valence-corrected chi connectivity index (χ1v) is 12.1. The topological polar surface area (TPSA) is 61.9 Å². The molecule has 0 unspecified atom stereocenters. The van der Waals surface area contributed by atoms with Crippen LogP contribution in [0.3, 0.4) is 0 Å². The molecule has 1 aromatic carbocycles. The third-order valence-electron chi connectivity index (χ3n) is 6.44. The van der Waals surface area contributed by atoms with E-state index in [1.807, 2.05) is 16.5 Å². The van der Waals surface area contributed by atoms with Gasteiger partial charge in [0.25, 0.3) is 0 Å². The Balaban J connectivity index is 0.00000228. The fourth-order valence-corrected chi connectivity index (χ4v) is 5.70. The number of halogens is 5. The number of likely N-dealkylation sites (tertiary alicyclic amines) is 1. The quantitative estimate of drug-likeness (QED) is 0.242. The number of aliphatic imine (C=N–C) groups is 2. The van der Waals surface area contributed by atoms with Crippen LogP contribution in [0.1, 0.15) is 24.2 Å². The Kier molecular flexibility index (Phi) is 10.8. The van der Waals surface area contributed by atoms with Crippen LogP contribution in [0, 0.1) is 5.92 Å². The molecule has 2 saturated heterocycles. The molecule has 0 N–H and O–H groups in total. The highest BCUT2D eigenvalue weighted by molar-refractivity contribution is 7.99. The van der Waals surface area contributed by atoms with Crippen molar-refractivity contribution >= 4 is 61.4 Å². The van der Waals surface area contributed by atoms with E-state index in [0.29, 0.717) is 29.7 Å². The molecule has 2 aliphatic rings. The van der Waals surface area contributed by atoms with Crippen LogP contribution in [0.25, 0.3) is 5.70 Å². The third kappa shape index (κ3) is 6.42. The zero-order valence-electron chi connectivity index (χ0n) is 19.9. The zero-order valence-corrected chi connectivity index (χ0v) is 22.3. The monoisotopic (exact) mass is 563 g/mol. The van der Waals surface area contributed by atoms with Crippen molar-refractivity contribution in [3.05, 3.63) is 41.9 Å². The maximum atomic E-state index is 13.5. The minimum atomic E-state index is -4.34. The molecular formula is C23H30Cl2F3N7S. The molecule has 2 aliphatic heterocycles. The standard InChI is InChI=1S/C23H28F3N7S.2ClH/c1-27-13-18(28-2)21-29-30-22(31(21)3)34-12-6-10-32-14-16-9-11-33(20(16)15-32)19-8-5-4-7-17(19)23(24,25)26;;/h4-5,7-8,13,16,20H,1-2,6,9-12,14-15H2,3H3;2*1H/b18-13-;;/t16-,20+;;/m0../s1. The van der Waals surface area contributed by atoms with E-state index in [1.54, 1.807) is 23.9 Å². The van der Waals surface area contributed by atoms with Gasteiger partial charge in [0, 0.05) is 44.2 Å². The fraction of sp³-hybridized carbons (Fsp3) is 0.478. The van der Waals surface area contributed by atoms with Crippen LogP contribution in [0.4, 0.5) is 18.9 Å². The summed E-state index contributed by atoms with van der Waals surface area (Å²) in [6.45, 7) is 10.3. The molecule has 198 valence electrons. The highest BCUT2D eigenvalue weighted by Gasteiger charge is 2.44. The van der Waals surface area contributed by atoms with E-state index in [1.165, 1.54) is 18.3 Å². The van der Waals surface area contributed by atoms with Gasteiger partial charge in [-0.15, -0.1) is 35.0 Å². The Morgan fingerprint density at radius 1 is 1.19 bits per heavy atom. The van der Waals surface area contributed by atoms with Crippen molar-refractivity contribution in [1.82, 2.24) is 19.7 Å². The molecule has 2 aromatic rings. The van der Waals surface area contributed by atoms with Crippen molar-refractivity contribution in [3.63, 3.8) is 0 Å². The second-order valence-electron chi connectivity index (χ2n) is 8.51. The molecule has 3 heterocycles. The summed E-state index contributed by atoms with van der Waals surface area (Å²) in [5.74, 6) is 1.85. The molecule has 0 saturated carbocycles. The highest BCUT2D eigenvalue weighted by atomic mass is 35.5. The number of anilines is 1. The molecule has 0 aliphatic carbocycles. The van der Waals surface area contributed by atoms with Crippen molar-refractivity contribution < 1.29 is 13.2 Å². The van der Waals surface area contributed by atoms with Gasteiger partial charge >= 0.3 is 6.18 Å². The van der Waals surface area contributed by atoms with Gasteiger partial charge in [0.15, 0.2) is 11.0 Å². The predicted molar refractivity (Wildman–Crippen MR) is 145 cm³/mol. The summed E-state index contributed by atoms with van der Waals surface area (Å²) in [6.07, 6.45) is -0.977. The molecule has 7 nitrogen and oxygen atoms in total. The van der Waals surface area contributed by atoms with Crippen molar-refractivity contribution in [2.75, 3.05) is 36.8 Å². The largest absolute Gasteiger partial charge is 0.418 e. The van der Waals surface area contributed by atoms with Gasteiger partial charge in [0.1, 0.15) is 5.70 Å². The molecule has 36 heavy (non-hydrogen) atoms. The second-order valence-corrected chi connectivity index (χ2v) is 9.57. The molecule has 4 rings (SSSR count). The maximum Gasteiger partial charge on any atom is 0.418 e. The first-order chi connectivity index (χ1) is 16.3. The lowest BCUT2D eigenvalue weighted by Gasteiger charge is -2.29. The van der Waals surface area contributed by atoms with Crippen molar-refractivity contribution in [1.29, 1.82) is 0 Å². The molecule has 2 fully saturated rings. The number of hydrogen-bond acceptors (Lipinski definition) is 7. The molecule has 0 amide bonds. The SMILES string of the molecule is C=N/C=C(\N=C)c1nnc(SCCCN2C[C@@H]3CCN(c4ccccc4C(F)(F)F)[C@@H]3C2)n1C.Cl.Cl. The smallest absolute Gasteiger partial charge is 0.366 e. The maximum absolute atomic E-state index is 13.5. The Morgan fingerprint density at radius 2 is 1.94 bits per heavy atom. The van der Waals surface area contributed by atoms with E-state index in [2.05, 4.69) is 38.5 Å². The lowest BCUT2D eigenvalue weighted by molar-refractivity contribution is -0.137. The van der Waals surface area contributed by atoms with Gasteiger partial charge in [-0.3, -0.25) is 9.98 Å². The number of benzene rings is 1. The molecule has 0 radical (unpaired) electrons. The van der Waals surface area contributed by atoms with Crippen LogP contribution in [0.5, 0.6) is 0 Å². The third-order valence-corrected chi connectivity index (χ3v) is 7.55. The van der Waals surface area contributed by atoms with Gasteiger partial charge in [-0.05, 0) is 50.9 Å². The Labute approximate surface area is 225 Å². The molecule has 1 aromatic heterocycles. The molecule has 13 heteroatoms. The number of aromatic nitrogens is 3. The number of fused-ring (bicyclic) bond motifs is 1. The summed E-state index contributed by atoms with van der Waals surface area (Å²) in [7, 11) is 1.87. The predicted octanol–water partition coefficient (Wildman–Crippen LogP) is 5.07. The van der Waals surface area contributed by atoms with E-state index in [9.17, 15) is 13.2 Å². The molecule has 2 atom stereocenters. The molecule has 0 bridgehead atoms. The average molecular weight is 565 g/mol. The van der Waals surface area contributed by atoms with E-state index >= 15 is 0 Å². The van der Waals surface area contributed by atoms with Crippen LogP contribution in [0.2, 0.25) is 0 Å². The fourth-order valence-electron chi connectivity index (χ4n) is 4.87. The van der Waals surface area contributed by atoms with Crippen molar-refractivity contribution in [3.8, 4) is 0 Å². The summed E-state index contributed by atoms with van der Waals surface area (Å²) < 4.78 is 42.4. The number of para-hydroxylation sites is 1. The Morgan fingerprint density at radius 3 is 2.64 bits per heavy atom. The van der Waals surface area contributed by atoms with E-state index in [0.717, 1.165) is 43.4 Å². The van der Waals surface area contributed by atoms with Crippen molar-refractivity contribution in [2.45, 2.75) is 30.2 Å². The number of thioether (sulfide) groups is 1. The average Bonchev–Trinajstić information content (AvgIpc) is 3.49. The lowest BCUT2D eigenvalue weighted by Crippen LogP contribution is -2.36. The second kappa shape index (κ2) is 12.9. The van der Waals surface area contributed by atoms with Crippen LogP contribution < -0.4 is 4.90 Å². The van der Waals surface area contributed by atoms with Gasteiger partial charge in [0.05, 0.1) is 11.8 Å². The minimum absolute atomic E-state index is 0. The van der Waals surface area contributed by atoms with Crippen LogP contribution >= 0.6 is 36.6 Å². The molecular weight excluding hydrogens is 534 g/mol. The number of nitrogens with zero attached hydrogens (tertiary/aromatic N) is 7. The Hall–Kier alpha value is -2.08.